The molecular formula is C16H19NO3. The first-order valence-corrected chi connectivity index (χ1v) is 7.00. The Morgan fingerprint density at radius 2 is 2.10 bits per heavy atom. The maximum absolute atomic E-state index is 10.8. The summed E-state index contributed by atoms with van der Waals surface area (Å²) in [7, 11) is 0. The maximum atomic E-state index is 10.8. The summed E-state index contributed by atoms with van der Waals surface area (Å²) in [6.07, 6.45) is 1.95. The van der Waals surface area contributed by atoms with Crippen LogP contribution in [0.5, 0.6) is 5.75 Å². The van der Waals surface area contributed by atoms with Crippen LogP contribution < -0.4 is 0 Å². The Kier molecular flexibility index (Phi) is 3.26. The predicted molar refractivity (Wildman–Crippen MR) is 76.6 cm³/mol. The molecule has 0 unspecified atom stereocenters. The van der Waals surface area contributed by atoms with E-state index in [1.54, 1.807) is 6.07 Å². The van der Waals surface area contributed by atoms with Crippen molar-refractivity contribution in [2.24, 2.45) is 5.92 Å². The third-order valence-electron chi connectivity index (χ3n) is 4.44. The Morgan fingerprint density at radius 3 is 2.80 bits per heavy atom. The number of fused-ring (bicyclic) bond motifs is 1. The van der Waals surface area contributed by atoms with Crippen LogP contribution >= 0.6 is 0 Å². The smallest absolute Gasteiger partial charge is 0.309 e. The van der Waals surface area contributed by atoms with Gasteiger partial charge in [-0.05, 0) is 48.6 Å². The Balaban J connectivity index is 1.73. The summed E-state index contributed by atoms with van der Waals surface area (Å²) in [6.45, 7) is 4.32. The van der Waals surface area contributed by atoms with Crippen LogP contribution in [0.15, 0.2) is 23.8 Å². The molecule has 0 aromatic heterocycles. The first kappa shape index (κ1) is 13.2. The van der Waals surface area contributed by atoms with E-state index >= 15 is 0 Å². The number of hydrogen-bond donors (Lipinski definition) is 2. The number of carbonyl (C=O) groups is 1. The van der Waals surface area contributed by atoms with Crippen LogP contribution in [0.1, 0.15) is 24.5 Å². The number of phenols is 1. The zero-order chi connectivity index (χ0) is 14.3. The van der Waals surface area contributed by atoms with Crippen molar-refractivity contribution >= 4 is 11.5 Å². The topological polar surface area (TPSA) is 60.8 Å². The number of aryl methyl sites for hydroxylation is 1. The minimum absolute atomic E-state index is 0.191. The molecule has 1 aromatic rings. The van der Waals surface area contributed by atoms with Gasteiger partial charge in [0.15, 0.2) is 0 Å². The molecule has 0 amide bonds. The normalized spacial score (nSPS) is 19.6. The fourth-order valence-corrected chi connectivity index (χ4v) is 3.14. The fraction of sp³-hybridized carbons (Fsp3) is 0.438. The van der Waals surface area contributed by atoms with Gasteiger partial charge in [0.25, 0.3) is 0 Å². The van der Waals surface area contributed by atoms with Crippen molar-refractivity contribution in [2.45, 2.75) is 19.8 Å². The van der Waals surface area contributed by atoms with Crippen molar-refractivity contribution < 1.29 is 15.0 Å². The quantitative estimate of drug-likeness (QED) is 0.885. The number of hydrogen-bond acceptors (Lipinski definition) is 3. The van der Waals surface area contributed by atoms with Crippen LogP contribution in [-0.2, 0) is 11.2 Å². The average Bonchev–Trinajstić information content (AvgIpc) is 2.34. The number of nitrogens with zero attached hydrogens (tertiary/aromatic N) is 1. The molecule has 0 atom stereocenters. The first-order chi connectivity index (χ1) is 9.54. The van der Waals surface area contributed by atoms with Crippen molar-refractivity contribution in [2.75, 3.05) is 19.6 Å². The van der Waals surface area contributed by atoms with E-state index in [0.717, 1.165) is 19.4 Å². The molecule has 106 valence electrons. The number of carboxylic acid groups (broad SMARTS) is 1. The zero-order valence-electron chi connectivity index (χ0n) is 11.6. The zero-order valence-corrected chi connectivity index (χ0v) is 11.6. The van der Waals surface area contributed by atoms with Gasteiger partial charge >= 0.3 is 5.97 Å². The van der Waals surface area contributed by atoms with Crippen molar-refractivity contribution in [1.82, 2.24) is 4.90 Å². The van der Waals surface area contributed by atoms with Gasteiger partial charge in [0.1, 0.15) is 5.75 Å². The molecule has 1 aliphatic heterocycles. The van der Waals surface area contributed by atoms with Gasteiger partial charge in [-0.2, -0.15) is 0 Å². The third-order valence-corrected chi connectivity index (χ3v) is 4.44. The molecule has 2 aliphatic rings. The lowest BCUT2D eigenvalue weighted by atomic mass is 9.85. The lowest BCUT2D eigenvalue weighted by Crippen LogP contribution is -2.50. The largest absolute Gasteiger partial charge is 0.508 e. The van der Waals surface area contributed by atoms with Crippen LogP contribution in [0.2, 0.25) is 0 Å². The fourth-order valence-electron chi connectivity index (χ4n) is 3.14. The second-order valence-corrected chi connectivity index (χ2v) is 5.80. The molecule has 4 nitrogen and oxygen atoms in total. The molecule has 1 fully saturated rings. The number of aliphatic carboxylic acids is 1. The van der Waals surface area contributed by atoms with Crippen molar-refractivity contribution in [1.29, 1.82) is 0 Å². The summed E-state index contributed by atoms with van der Waals surface area (Å²) < 4.78 is 0. The van der Waals surface area contributed by atoms with Crippen LogP contribution in [0.4, 0.5) is 0 Å². The summed E-state index contributed by atoms with van der Waals surface area (Å²) in [5, 5.41) is 18.4. The summed E-state index contributed by atoms with van der Waals surface area (Å²) in [6, 6.07) is 5.56. The Hall–Kier alpha value is -1.81. The van der Waals surface area contributed by atoms with E-state index in [0.29, 0.717) is 18.8 Å². The van der Waals surface area contributed by atoms with Crippen molar-refractivity contribution in [3.63, 3.8) is 0 Å². The number of likely N-dealkylation sites (tertiary alicyclic amines) is 1. The molecule has 2 N–H and O–H groups in total. The Bertz CT molecular complexity index is 585. The summed E-state index contributed by atoms with van der Waals surface area (Å²) >= 11 is 0. The number of carboxylic acids is 1. The highest BCUT2D eigenvalue weighted by atomic mass is 16.4. The van der Waals surface area contributed by atoms with E-state index in [-0.39, 0.29) is 5.92 Å². The van der Waals surface area contributed by atoms with Gasteiger partial charge in [0.2, 0.25) is 0 Å². The van der Waals surface area contributed by atoms with Crippen molar-refractivity contribution in [3.05, 3.63) is 34.9 Å². The molecule has 1 aromatic carbocycles. The van der Waals surface area contributed by atoms with Crippen molar-refractivity contribution in [3.8, 4) is 5.75 Å². The van der Waals surface area contributed by atoms with Gasteiger partial charge in [0, 0.05) is 19.6 Å². The number of rotatable bonds is 3. The minimum Gasteiger partial charge on any atom is -0.508 e. The summed E-state index contributed by atoms with van der Waals surface area (Å²) in [4.78, 5) is 13.0. The molecule has 0 saturated carbocycles. The van der Waals surface area contributed by atoms with Crippen LogP contribution in [0.25, 0.3) is 5.57 Å². The predicted octanol–water partition coefficient (Wildman–Crippen LogP) is 2.13. The number of allylic oxidation sites excluding steroid dienone is 1. The van der Waals surface area contributed by atoms with Gasteiger partial charge in [-0.3, -0.25) is 9.69 Å². The monoisotopic (exact) mass is 273 g/mol. The van der Waals surface area contributed by atoms with Gasteiger partial charge in [-0.15, -0.1) is 0 Å². The highest BCUT2D eigenvalue weighted by Crippen LogP contribution is 2.34. The standard InChI is InChI=1S/C16H19NO3/c1-10-12(7-17-8-13(9-17)16(19)20)3-2-11-6-14(18)4-5-15(10)11/h4-6,13,18H,2-3,7-9H2,1H3,(H,19,20). The van der Waals surface area contributed by atoms with E-state index in [1.165, 1.54) is 22.3 Å². The molecule has 1 saturated heterocycles. The van der Waals surface area contributed by atoms with E-state index in [2.05, 4.69) is 11.8 Å². The average molecular weight is 273 g/mol. The van der Waals surface area contributed by atoms with E-state index < -0.39 is 5.97 Å². The molecule has 3 rings (SSSR count). The van der Waals surface area contributed by atoms with Gasteiger partial charge in [-0.25, -0.2) is 0 Å². The third kappa shape index (κ3) is 2.31. The second-order valence-electron chi connectivity index (χ2n) is 5.80. The molecule has 0 bridgehead atoms. The lowest BCUT2D eigenvalue weighted by Gasteiger charge is -2.38. The molecule has 1 heterocycles. The minimum atomic E-state index is -0.684. The molecule has 4 heteroatoms. The van der Waals surface area contributed by atoms with E-state index in [9.17, 15) is 9.90 Å². The molecule has 0 spiro atoms. The molecule has 1 aliphatic carbocycles. The Labute approximate surface area is 118 Å². The second kappa shape index (κ2) is 4.94. The first-order valence-electron chi connectivity index (χ1n) is 7.00. The van der Waals surface area contributed by atoms with Gasteiger partial charge in [0.05, 0.1) is 5.92 Å². The maximum Gasteiger partial charge on any atom is 0.309 e. The summed E-state index contributed by atoms with van der Waals surface area (Å²) in [5.41, 5.74) is 5.11. The van der Waals surface area contributed by atoms with Gasteiger partial charge < -0.3 is 10.2 Å². The number of phenolic OH excluding ortho intramolecular Hbond substituents is 1. The molecule has 20 heavy (non-hydrogen) atoms. The Morgan fingerprint density at radius 1 is 1.35 bits per heavy atom. The lowest BCUT2D eigenvalue weighted by molar-refractivity contribution is -0.147. The van der Waals surface area contributed by atoms with E-state index in [4.69, 9.17) is 5.11 Å². The summed E-state index contributed by atoms with van der Waals surface area (Å²) in [5.74, 6) is -0.549. The molecular weight excluding hydrogens is 254 g/mol. The number of aromatic hydroxyl groups is 1. The SMILES string of the molecule is CC1=C(CN2CC(C(=O)O)C2)CCc2cc(O)ccc21. The van der Waals surface area contributed by atoms with Crippen LogP contribution in [0.3, 0.4) is 0 Å². The van der Waals surface area contributed by atoms with E-state index in [1.807, 2.05) is 12.1 Å². The van der Waals surface area contributed by atoms with Crippen LogP contribution in [0, 0.1) is 5.92 Å². The number of benzene rings is 1. The highest BCUT2D eigenvalue weighted by Gasteiger charge is 2.33. The van der Waals surface area contributed by atoms with Gasteiger partial charge in [-0.1, -0.05) is 11.6 Å². The molecule has 0 radical (unpaired) electrons. The highest BCUT2D eigenvalue weighted by molar-refractivity contribution is 5.73. The van der Waals surface area contributed by atoms with Crippen LogP contribution in [-0.4, -0.2) is 40.7 Å².